The van der Waals surface area contributed by atoms with Gasteiger partial charge < -0.3 is 24.3 Å². The molecule has 0 bridgehead atoms. The van der Waals surface area contributed by atoms with Gasteiger partial charge in [-0.05, 0) is 49.1 Å². The fourth-order valence-corrected chi connectivity index (χ4v) is 2.82. The molecule has 2 rings (SSSR count). The number of aryl methyl sites for hydroxylation is 1. The summed E-state index contributed by atoms with van der Waals surface area (Å²) in [6, 6.07) is 13.1. The third-order valence-corrected chi connectivity index (χ3v) is 4.37. The van der Waals surface area contributed by atoms with Crippen LogP contribution in [-0.4, -0.2) is 39.9 Å². The number of nitrogens with one attached hydrogen (secondary N) is 1. The second-order valence-electron chi connectivity index (χ2n) is 6.28. The summed E-state index contributed by atoms with van der Waals surface area (Å²) in [6.45, 7) is 2.50. The van der Waals surface area contributed by atoms with Crippen LogP contribution in [0.1, 0.15) is 25.3 Å². The van der Waals surface area contributed by atoms with Crippen molar-refractivity contribution >= 4 is 5.91 Å². The van der Waals surface area contributed by atoms with Gasteiger partial charge in [0.15, 0.2) is 17.6 Å². The van der Waals surface area contributed by atoms with Crippen molar-refractivity contribution in [2.24, 2.45) is 0 Å². The molecule has 6 heteroatoms. The molecule has 2 aromatic rings. The smallest absolute Gasteiger partial charge is 0.261 e. The number of hydrogen-bond acceptors (Lipinski definition) is 5. The van der Waals surface area contributed by atoms with Gasteiger partial charge in [-0.1, -0.05) is 19.1 Å². The molecule has 0 aliphatic heterocycles. The van der Waals surface area contributed by atoms with E-state index in [-0.39, 0.29) is 5.91 Å². The normalized spacial score (nSPS) is 11.4. The zero-order valence-corrected chi connectivity index (χ0v) is 17.0. The first-order valence-corrected chi connectivity index (χ1v) is 9.40. The number of methoxy groups -OCH3 is 3. The summed E-state index contributed by atoms with van der Waals surface area (Å²) in [7, 11) is 4.83. The zero-order valence-electron chi connectivity index (χ0n) is 17.0. The van der Waals surface area contributed by atoms with E-state index < -0.39 is 6.10 Å². The second kappa shape index (κ2) is 11.1. The highest BCUT2D eigenvalue weighted by Gasteiger charge is 2.18. The summed E-state index contributed by atoms with van der Waals surface area (Å²) < 4.78 is 21.6. The first-order valence-electron chi connectivity index (χ1n) is 9.40. The molecule has 1 N–H and O–H groups in total. The van der Waals surface area contributed by atoms with Crippen LogP contribution < -0.4 is 24.3 Å². The van der Waals surface area contributed by atoms with Gasteiger partial charge in [0.1, 0.15) is 11.5 Å². The number of carbonyl (C=O) groups excluding carboxylic acids is 1. The molecule has 1 amide bonds. The Kier molecular flexibility index (Phi) is 8.46. The largest absolute Gasteiger partial charge is 0.497 e. The Labute approximate surface area is 166 Å². The molecule has 6 nitrogen and oxygen atoms in total. The van der Waals surface area contributed by atoms with Crippen molar-refractivity contribution in [2.45, 2.75) is 32.3 Å². The van der Waals surface area contributed by atoms with E-state index in [0.717, 1.165) is 18.4 Å². The Morgan fingerprint density at radius 1 is 0.964 bits per heavy atom. The van der Waals surface area contributed by atoms with Crippen LogP contribution in [0.15, 0.2) is 42.5 Å². The maximum absolute atomic E-state index is 12.4. The topological polar surface area (TPSA) is 66.0 Å². The first kappa shape index (κ1) is 21.4. The quantitative estimate of drug-likeness (QED) is 0.597. The fourth-order valence-electron chi connectivity index (χ4n) is 2.82. The number of carbonyl (C=O) groups is 1. The van der Waals surface area contributed by atoms with Gasteiger partial charge >= 0.3 is 0 Å². The van der Waals surface area contributed by atoms with E-state index >= 15 is 0 Å². The van der Waals surface area contributed by atoms with Gasteiger partial charge in [-0.25, -0.2) is 0 Å². The summed E-state index contributed by atoms with van der Waals surface area (Å²) in [5.41, 5.74) is 1.13. The Morgan fingerprint density at radius 3 is 2.39 bits per heavy atom. The van der Waals surface area contributed by atoms with Crippen molar-refractivity contribution in [3.8, 4) is 23.0 Å². The van der Waals surface area contributed by atoms with Crippen molar-refractivity contribution < 1.29 is 23.7 Å². The van der Waals surface area contributed by atoms with E-state index in [1.165, 1.54) is 0 Å². The lowest BCUT2D eigenvalue weighted by Gasteiger charge is -2.17. The minimum atomic E-state index is -0.534. The number of rotatable bonds is 11. The molecule has 0 fully saturated rings. The van der Waals surface area contributed by atoms with Crippen LogP contribution >= 0.6 is 0 Å². The Hall–Kier alpha value is -2.89. The van der Waals surface area contributed by atoms with Crippen LogP contribution in [0.25, 0.3) is 0 Å². The Morgan fingerprint density at radius 2 is 1.71 bits per heavy atom. The summed E-state index contributed by atoms with van der Waals surface area (Å²) in [6.07, 6.45) is 1.69. The Bertz CT molecular complexity index is 762. The molecule has 0 aromatic heterocycles. The number of ether oxygens (including phenoxy) is 4. The molecule has 28 heavy (non-hydrogen) atoms. The maximum atomic E-state index is 12.4. The molecular formula is C22H29NO5. The molecule has 0 heterocycles. The van der Waals surface area contributed by atoms with Crippen LogP contribution in [-0.2, 0) is 11.2 Å². The molecule has 152 valence electrons. The SMILES string of the molecule is CCC(Oc1cccc(OC)c1)C(=O)NCCCc1ccc(OC)c(OC)c1. The number of amides is 1. The second-order valence-corrected chi connectivity index (χ2v) is 6.28. The minimum absolute atomic E-state index is 0.113. The van der Waals surface area contributed by atoms with Crippen molar-refractivity contribution in [1.82, 2.24) is 5.32 Å². The van der Waals surface area contributed by atoms with Crippen molar-refractivity contribution in [3.63, 3.8) is 0 Å². The van der Waals surface area contributed by atoms with Gasteiger partial charge in [0.25, 0.3) is 5.91 Å². The van der Waals surface area contributed by atoms with Crippen LogP contribution in [0.5, 0.6) is 23.0 Å². The maximum Gasteiger partial charge on any atom is 0.261 e. The van der Waals surface area contributed by atoms with E-state index in [9.17, 15) is 4.79 Å². The third kappa shape index (κ3) is 6.08. The lowest BCUT2D eigenvalue weighted by Crippen LogP contribution is -2.38. The molecule has 2 aromatic carbocycles. The van der Waals surface area contributed by atoms with Crippen molar-refractivity contribution in [2.75, 3.05) is 27.9 Å². The molecule has 0 saturated heterocycles. The van der Waals surface area contributed by atoms with Crippen molar-refractivity contribution in [3.05, 3.63) is 48.0 Å². The predicted octanol–water partition coefficient (Wildman–Crippen LogP) is 3.62. The molecule has 0 spiro atoms. The summed E-state index contributed by atoms with van der Waals surface area (Å²) in [4.78, 5) is 12.4. The van der Waals surface area contributed by atoms with Crippen LogP contribution in [0.2, 0.25) is 0 Å². The number of benzene rings is 2. The Balaban J connectivity index is 1.81. The van der Waals surface area contributed by atoms with Gasteiger partial charge in [-0.15, -0.1) is 0 Å². The first-order chi connectivity index (χ1) is 13.6. The summed E-state index contributed by atoms with van der Waals surface area (Å²) in [5.74, 6) is 2.62. The van der Waals surface area contributed by atoms with Gasteiger partial charge in [0.2, 0.25) is 0 Å². The molecule has 0 saturated carbocycles. The fraction of sp³-hybridized carbons (Fsp3) is 0.409. The van der Waals surface area contributed by atoms with E-state index in [4.69, 9.17) is 18.9 Å². The molecule has 0 radical (unpaired) electrons. The van der Waals surface area contributed by atoms with Gasteiger partial charge in [-0.3, -0.25) is 4.79 Å². The zero-order chi connectivity index (χ0) is 20.4. The van der Waals surface area contributed by atoms with Crippen molar-refractivity contribution in [1.29, 1.82) is 0 Å². The molecular weight excluding hydrogens is 358 g/mol. The highest BCUT2D eigenvalue weighted by atomic mass is 16.5. The average molecular weight is 387 g/mol. The van der Waals surface area contributed by atoms with Crippen LogP contribution in [0, 0.1) is 0 Å². The molecule has 0 aliphatic carbocycles. The summed E-state index contributed by atoms with van der Waals surface area (Å²) >= 11 is 0. The predicted molar refractivity (Wildman–Crippen MR) is 109 cm³/mol. The van der Waals surface area contributed by atoms with Gasteiger partial charge in [0, 0.05) is 12.6 Å². The van der Waals surface area contributed by atoms with Crippen LogP contribution in [0.4, 0.5) is 0 Å². The monoisotopic (exact) mass is 387 g/mol. The molecule has 1 atom stereocenters. The highest BCUT2D eigenvalue weighted by molar-refractivity contribution is 5.81. The molecule has 1 unspecified atom stereocenters. The number of hydrogen-bond donors (Lipinski definition) is 1. The van der Waals surface area contributed by atoms with E-state index in [1.54, 1.807) is 27.4 Å². The van der Waals surface area contributed by atoms with E-state index in [1.807, 2.05) is 43.3 Å². The standard InChI is InChI=1S/C22H29NO5/c1-5-19(28-18-10-6-9-17(15-18)25-2)22(24)23-13-7-8-16-11-12-20(26-3)21(14-16)27-4/h6,9-12,14-15,19H,5,7-8,13H2,1-4H3,(H,23,24). The summed E-state index contributed by atoms with van der Waals surface area (Å²) in [5, 5.41) is 2.95. The van der Waals surface area contributed by atoms with E-state index in [0.29, 0.717) is 36.0 Å². The van der Waals surface area contributed by atoms with Crippen LogP contribution in [0.3, 0.4) is 0 Å². The lowest BCUT2D eigenvalue weighted by atomic mass is 10.1. The van der Waals surface area contributed by atoms with Gasteiger partial charge in [-0.2, -0.15) is 0 Å². The lowest BCUT2D eigenvalue weighted by molar-refractivity contribution is -0.128. The highest BCUT2D eigenvalue weighted by Crippen LogP contribution is 2.28. The van der Waals surface area contributed by atoms with Gasteiger partial charge in [0.05, 0.1) is 21.3 Å². The molecule has 0 aliphatic rings. The third-order valence-electron chi connectivity index (χ3n) is 4.37. The average Bonchev–Trinajstić information content (AvgIpc) is 2.74. The minimum Gasteiger partial charge on any atom is -0.497 e. The van der Waals surface area contributed by atoms with E-state index in [2.05, 4.69) is 5.32 Å².